The van der Waals surface area contributed by atoms with Crippen molar-refractivity contribution in [3.05, 3.63) is 29.8 Å². The van der Waals surface area contributed by atoms with Gasteiger partial charge in [-0.1, -0.05) is 43.9 Å². The Bertz CT molecular complexity index is 431. The number of para-hydroxylation sites is 1. The molecule has 3 unspecified atom stereocenters. The summed E-state index contributed by atoms with van der Waals surface area (Å²) in [4.78, 5) is 0. The number of nitrogens with two attached hydrogens (primary N) is 1. The molecule has 2 nitrogen and oxygen atoms in total. The Morgan fingerprint density at radius 2 is 1.80 bits per heavy atom. The third-order valence-corrected chi connectivity index (χ3v) is 5.29. The van der Waals surface area contributed by atoms with Gasteiger partial charge in [-0.05, 0) is 55.2 Å². The molecule has 1 aromatic rings. The number of ether oxygens (including phenoxy) is 1. The van der Waals surface area contributed by atoms with E-state index in [9.17, 15) is 0 Å². The van der Waals surface area contributed by atoms with E-state index >= 15 is 0 Å². The highest BCUT2D eigenvalue weighted by Gasteiger charge is 2.28. The molecule has 20 heavy (non-hydrogen) atoms. The summed E-state index contributed by atoms with van der Waals surface area (Å²) < 4.78 is 5.80. The molecule has 2 heteroatoms. The fraction of sp³-hybridized carbons (Fsp3) is 0.667. The van der Waals surface area contributed by atoms with Gasteiger partial charge in [0.05, 0.1) is 6.61 Å². The predicted molar refractivity (Wildman–Crippen MR) is 83.0 cm³/mol. The van der Waals surface area contributed by atoms with Gasteiger partial charge in [0.1, 0.15) is 5.75 Å². The van der Waals surface area contributed by atoms with Crippen molar-refractivity contribution in [2.75, 3.05) is 13.2 Å². The zero-order valence-corrected chi connectivity index (χ0v) is 12.4. The maximum Gasteiger partial charge on any atom is 0.122 e. The van der Waals surface area contributed by atoms with E-state index in [1.807, 2.05) is 0 Å². The molecular formula is C18H27NO. The van der Waals surface area contributed by atoms with Crippen LogP contribution < -0.4 is 10.5 Å². The van der Waals surface area contributed by atoms with Crippen molar-refractivity contribution in [1.29, 1.82) is 0 Å². The maximum absolute atomic E-state index is 6.04. The molecule has 1 heterocycles. The van der Waals surface area contributed by atoms with E-state index < -0.39 is 0 Å². The van der Waals surface area contributed by atoms with Crippen LogP contribution in [0, 0.1) is 11.8 Å². The zero-order valence-electron chi connectivity index (χ0n) is 12.4. The molecule has 1 fully saturated rings. The second-order valence-corrected chi connectivity index (χ2v) is 6.50. The molecule has 0 spiro atoms. The van der Waals surface area contributed by atoms with Crippen molar-refractivity contribution in [2.24, 2.45) is 17.6 Å². The number of fused-ring (bicyclic) bond motifs is 1. The Kier molecular flexibility index (Phi) is 4.62. The van der Waals surface area contributed by atoms with Gasteiger partial charge >= 0.3 is 0 Å². The summed E-state index contributed by atoms with van der Waals surface area (Å²) in [6.07, 6.45) is 9.37. The first-order chi connectivity index (χ1) is 9.88. The molecule has 1 aliphatic heterocycles. The average Bonchev–Trinajstić information content (AvgIpc) is 2.72. The normalized spacial score (nSPS) is 30.1. The van der Waals surface area contributed by atoms with Crippen LogP contribution >= 0.6 is 0 Å². The SMILES string of the molecule is NCC1CCCCCC1CC1CCOc2ccccc21. The van der Waals surface area contributed by atoms with Crippen LogP contribution in [0.2, 0.25) is 0 Å². The third-order valence-electron chi connectivity index (χ3n) is 5.29. The fourth-order valence-electron chi connectivity index (χ4n) is 4.11. The molecule has 1 saturated carbocycles. The monoisotopic (exact) mass is 273 g/mol. The first-order valence-corrected chi connectivity index (χ1v) is 8.30. The van der Waals surface area contributed by atoms with E-state index in [-0.39, 0.29) is 0 Å². The van der Waals surface area contributed by atoms with Crippen molar-refractivity contribution in [2.45, 2.75) is 50.9 Å². The molecule has 0 amide bonds. The second kappa shape index (κ2) is 6.62. The van der Waals surface area contributed by atoms with Crippen molar-refractivity contribution < 1.29 is 4.74 Å². The van der Waals surface area contributed by atoms with Crippen LogP contribution in [0.3, 0.4) is 0 Å². The molecule has 0 bridgehead atoms. The van der Waals surface area contributed by atoms with E-state index in [2.05, 4.69) is 24.3 Å². The second-order valence-electron chi connectivity index (χ2n) is 6.50. The molecule has 0 aromatic heterocycles. The number of hydrogen-bond donors (Lipinski definition) is 1. The summed E-state index contributed by atoms with van der Waals surface area (Å²) in [5.41, 5.74) is 7.47. The molecule has 1 aromatic carbocycles. The first-order valence-electron chi connectivity index (χ1n) is 8.30. The van der Waals surface area contributed by atoms with Crippen molar-refractivity contribution in [3.63, 3.8) is 0 Å². The maximum atomic E-state index is 6.04. The summed E-state index contributed by atoms with van der Waals surface area (Å²) in [6.45, 7) is 1.75. The minimum atomic E-state index is 0.678. The van der Waals surface area contributed by atoms with Gasteiger partial charge in [0.25, 0.3) is 0 Å². The molecule has 2 aliphatic rings. The van der Waals surface area contributed by atoms with Crippen molar-refractivity contribution >= 4 is 0 Å². The highest BCUT2D eigenvalue weighted by Crippen LogP contribution is 2.41. The van der Waals surface area contributed by atoms with Crippen LogP contribution in [-0.2, 0) is 0 Å². The molecular weight excluding hydrogens is 246 g/mol. The lowest BCUT2D eigenvalue weighted by atomic mass is 9.77. The summed E-state index contributed by atoms with van der Waals surface area (Å²) in [5.74, 6) is 3.35. The van der Waals surface area contributed by atoms with E-state index in [4.69, 9.17) is 10.5 Å². The van der Waals surface area contributed by atoms with Gasteiger partial charge in [0, 0.05) is 0 Å². The lowest BCUT2D eigenvalue weighted by molar-refractivity contribution is 0.225. The summed E-state index contributed by atoms with van der Waals surface area (Å²) >= 11 is 0. The van der Waals surface area contributed by atoms with Crippen LogP contribution in [-0.4, -0.2) is 13.2 Å². The standard InChI is InChI=1S/C18H27NO/c19-13-16-7-3-1-2-6-14(16)12-15-10-11-20-18-9-5-4-8-17(15)18/h4-5,8-9,14-16H,1-3,6-7,10-13,19H2. The van der Waals surface area contributed by atoms with Crippen LogP contribution in [0.4, 0.5) is 0 Å². The average molecular weight is 273 g/mol. The Hall–Kier alpha value is -1.02. The number of benzene rings is 1. The highest BCUT2D eigenvalue weighted by atomic mass is 16.5. The third kappa shape index (κ3) is 3.01. The smallest absolute Gasteiger partial charge is 0.122 e. The van der Waals surface area contributed by atoms with Crippen molar-refractivity contribution in [1.82, 2.24) is 0 Å². The van der Waals surface area contributed by atoms with Gasteiger partial charge in [-0.25, -0.2) is 0 Å². The number of rotatable bonds is 3. The Labute approximate surface area is 122 Å². The van der Waals surface area contributed by atoms with E-state index in [1.165, 1.54) is 50.5 Å². The summed E-state index contributed by atoms with van der Waals surface area (Å²) in [7, 11) is 0. The molecule has 0 saturated heterocycles. The fourth-order valence-corrected chi connectivity index (χ4v) is 4.11. The summed E-state index contributed by atoms with van der Waals surface area (Å²) in [6, 6.07) is 8.60. The highest BCUT2D eigenvalue weighted by molar-refractivity contribution is 5.37. The van der Waals surface area contributed by atoms with Gasteiger partial charge in [-0.2, -0.15) is 0 Å². The lowest BCUT2D eigenvalue weighted by Gasteiger charge is -2.31. The Morgan fingerprint density at radius 1 is 1.00 bits per heavy atom. The largest absolute Gasteiger partial charge is 0.493 e. The Morgan fingerprint density at radius 3 is 2.65 bits per heavy atom. The van der Waals surface area contributed by atoms with Crippen LogP contribution in [0.15, 0.2) is 24.3 Å². The number of hydrogen-bond acceptors (Lipinski definition) is 2. The predicted octanol–water partition coefficient (Wildman–Crippen LogP) is 4.10. The Balaban J connectivity index is 1.73. The van der Waals surface area contributed by atoms with Crippen LogP contribution in [0.5, 0.6) is 5.75 Å². The lowest BCUT2D eigenvalue weighted by Crippen LogP contribution is -2.25. The quantitative estimate of drug-likeness (QED) is 0.842. The zero-order chi connectivity index (χ0) is 13.8. The molecule has 3 rings (SSSR count). The molecule has 1 aliphatic carbocycles. The molecule has 3 atom stereocenters. The minimum absolute atomic E-state index is 0.678. The van der Waals surface area contributed by atoms with Gasteiger partial charge in [-0.15, -0.1) is 0 Å². The molecule has 0 radical (unpaired) electrons. The van der Waals surface area contributed by atoms with Gasteiger partial charge in [0.2, 0.25) is 0 Å². The van der Waals surface area contributed by atoms with Gasteiger partial charge in [-0.3, -0.25) is 0 Å². The van der Waals surface area contributed by atoms with Gasteiger partial charge < -0.3 is 10.5 Å². The topological polar surface area (TPSA) is 35.2 Å². The van der Waals surface area contributed by atoms with Crippen molar-refractivity contribution in [3.8, 4) is 5.75 Å². The summed E-state index contributed by atoms with van der Waals surface area (Å²) in [5, 5.41) is 0. The van der Waals surface area contributed by atoms with Crippen LogP contribution in [0.25, 0.3) is 0 Å². The van der Waals surface area contributed by atoms with Gasteiger partial charge in [0.15, 0.2) is 0 Å². The van der Waals surface area contributed by atoms with E-state index in [0.29, 0.717) is 5.92 Å². The molecule has 110 valence electrons. The van der Waals surface area contributed by atoms with E-state index in [0.717, 1.165) is 30.7 Å². The molecule has 2 N–H and O–H groups in total. The minimum Gasteiger partial charge on any atom is -0.493 e. The van der Waals surface area contributed by atoms with E-state index in [1.54, 1.807) is 0 Å². The van der Waals surface area contributed by atoms with Crippen LogP contribution in [0.1, 0.15) is 56.4 Å². The first kappa shape index (κ1) is 13.9.